The van der Waals surface area contributed by atoms with Gasteiger partial charge in [0.1, 0.15) is 0 Å². The van der Waals surface area contributed by atoms with Gasteiger partial charge in [-0.15, -0.1) is 0 Å². The van der Waals surface area contributed by atoms with Crippen LogP contribution in [0.5, 0.6) is 0 Å². The van der Waals surface area contributed by atoms with Crippen LogP contribution >= 0.6 is 0 Å². The van der Waals surface area contributed by atoms with E-state index in [4.69, 9.17) is 4.74 Å². The summed E-state index contributed by atoms with van der Waals surface area (Å²) in [6.07, 6.45) is 2.76. The molecular weight excluding hydrogens is 176 g/mol. The Morgan fingerprint density at radius 1 is 1.57 bits per heavy atom. The Bertz CT molecular complexity index is 148. The van der Waals surface area contributed by atoms with Crippen LogP contribution in [0.2, 0.25) is 0 Å². The third-order valence-corrected chi connectivity index (χ3v) is 2.92. The van der Waals surface area contributed by atoms with Crippen LogP contribution in [0.3, 0.4) is 0 Å². The summed E-state index contributed by atoms with van der Waals surface area (Å²) in [5.74, 6) is 0. The summed E-state index contributed by atoms with van der Waals surface area (Å²) in [5, 5.41) is 3.35. The maximum Gasteiger partial charge on any atom is 0.0673 e. The minimum atomic E-state index is 0.395. The molecule has 3 nitrogen and oxygen atoms in total. The van der Waals surface area contributed by atoms with Crippen LogP contribution in [-0.2, 0) is 4.74 Å². The molecule has 2 unspecified atom stereocenters. The van der Waals surface area contributed by atoms with Crippen LogP contribution < -0.4 is 5.32 Å². The third-order valence-electron chi connectivity index (χ3n) is 2.92. The lowest BCUT2D eigenvalue weighted by molar-refractivity contribution is 0.0665. The Kier molecular flexibility index (Phi) is 5.45. The molecule has 0 saturated carbocycles. The summed E-state index contributed by atoms with van der Waals surface area (Å²) in [6.45, 7) is 8.74. The van der Waals surface area contributed by atoms with Gasteiger partial charge in [0.2, 0.25) is 0 Å². The fourth-order valence-corrected chi connectivity index (χ4v) is 1.98. The molecule has 0 aliphatic carbocycles. The molecule has 1 rings (SSSR count). The average molecular weight is 200 g/mol. The summed E-state index contributed by atoms with van der Waals surface area (Å²) >= 11 is 0. The number of hydrogen-bond donors (Lipinski definition) is 1. The van der Waals surface area contributed by atoms with Gasteiger partial charge in [0, 0.05) is 32.3 Å². The van der Waals surface area contributed by atoms with Crippen molar-refractivity contribution in [3.8, 4) is 0 Å². The highest BCUT2D eigenvalue weighted by Crippen LogP contribution is 2.06. The van der Waals surface area contributed by atoms with E-state index in [-0.39, 0.29) is 0 Å². The second kappa shape index (κ2) is 6.38. The van der Waals surface area contributed by atoms with Gasteiger partial charge < -0.3 is 10.1 Å². The zero-order chi connectivity index (χ0) is 10.4. The zero-order valence-electron chi connectivity index (χ0n) is 9.75. The Morgan fingerprint density at radius 3 is 3.00 bits per heavy atom. The van der Waals surface area contributed by atoms with E-state index in [0.29, 0.717) is 12.1 Å². The average Bonchev–Trinajstić information content (AvgIpc) is 2.39. The van der Waals surface area contributed by atoms with Crippen molar-refractivity contribution in [2.45, 2.75) is 38.8 Å². The van der Waals surface area contributed by atoms with Crippen molar-refractivity contribution in [3.05, 3.63) is 0 Å². The molecule has 2 atom stereocenters. The fraction of sp³-hybridized carbons (Fsp3) is 1.00. The molecule has 0 bridgehead atoms. The predicted molar refractivity (Wildman–Crippen MR) is 59.6 cm³/mol. The molecule has 1 saturated heterocycles. The third kappa shape index (κ3) is 3.95. The summed E-state index contributed by atoms with van der Waals surface area (Å²) in [6, 6.07) is 0.625. The number of nitrogens with zero attached hydrogens (tertiary/aromatic N) is 1. The summed E-state index contributed by atoms with van der Waals surface area (Å²) in [7, 11) is 2.05. The second-order valence-corrected chi connectivity index (χ2v) is 4.19. The normalized spacial score (nSPS) is 27.2. The number of nitrogens with one attached hydrogen (secondary N) is 1. The molecular formula is C11H24N2O. The van der Waals surface area contributed by atoms with Gasteiger partial charge in [-0.2, -0.15) is 0 Å². The molecule has 0 spiro atoms. The number of ether oxygens (including phenoxy) is 1. The Hall–Kier alpha value is -0.120. The van der Waals surface area contributed by atoms with Gasteiger partial charge in [0.15, 0.2) is 0 Å². The first kappa shape index (κ1) is 12.0. The van der Waals surface area contributed by atoms with Crippen LogP contribution in [-0.4, -0.2) is 50.3 Å². The zero-order valence-corrected chi connectivity index (χ0v) is 9.75. The Balaban J connectivity index is 2.33. The maximum atomic E-state index is 5.62. The van der Waals surface area contributed by atoms with Gasteiger partial charge in [0.05, 0.1) is 6.10 Å². The second-order valence-electron chi connectivity index (χ2n) is 4.19. The van der Waals surface area contributed by atoms with Gasteiger partial charge in [-0.05, 0) is 26.8 Å². The number of likely N-dealkylation sites (N-methyl/N-ethyl adjacent to an activating group) is 1. The molecule has 14 heavy (non-hydrogen) atoms. The largest absolute Gasteiger partial charge is 0.377 e. The van der Waals surface area contributed by atoms with Crippen LogP contribution in [0.1, 0.15) is 26.7 Å². The fourth-order valence-electron chi connectivity index (χ4n) is 1.98. The van der Waals surface area contributed by atoms with Gasteiger partial charge in [-0.3, -0.25) is 4.90 Å². The Morgan fingerprint density at radius 2 is 2.36 bits per heavy atom. The lowest BCUT2D eigenvalue weighted by Gasteiger charge is -2.26. The van der Waals surface area contributed by atoms with E-state index in [0.717, 1.165) is 19.7 Å². The van der Waals surface area contributed by atoms with Crippen molar-refractivity contribution in [3.63, 3.8) is 0 Å². The van der Waals surface area contributed by atoms with Gasteiger partial charge in [0.25, 0.3) is 0 Å². The van der Waals surface area contributed by atoms with E-state index in [1.807, 2.05) is 7.05 Å². The molecule has 0 amide bonds. The molecule has 0 radical (unpaired) electrons. The van der Waals surface area contributed by atoms with E-state index in [2.05, 4.69) is 24.1 Å². The molecule has 3 heteroatoms. The van der Waals surface area contributed by atoms with Crippen molar-refractivity contribution in [2.75, 3.05) is 33.3 Å². The van der Waals surface area contributed by atoms with Gasteiger partial charge >= 0.3 is 0 Å². The lowest BCUT2D eigenvalue weighted by atomic mass is 10.2. The number of hydrogen-bond acceptors (Lipinski definition) is 3. The minimum absolute atomic E-state index is 0.395. The minimum Gasteiger partial charge on any atom is -0.377 e. The molecule has 1 aliphatic rings. The van der Waals surface area contributed by atoms with Crippen LogP contribution in [0.4, 0.5) is 0 Å². The quantitative estimate of drug-likeness (QED) is 0.735. The predicted octanol–water partition coefficient (Wildman–Crippen LogP) is 1.10. The van der Waals surface area contributed by atoms with Crippen molar-refractivity contribution in [1.29, 1.82) is 0 Å². The van der Waals surface area contributed by atoms with Crippen molar-refractivity contribution in [2.24, 2.45) is 0 Å². The molecule has 84 valence electrons. The van der Waals surface area contributed by atoms with E-state index in [1.165, 1.54) is 19.4 Å². The highest BCUT2D eigenvalue weighted by molar-refractivity contribution is 4.73. The molecule has 0 aromatic carbocycles. The smallest absolute Gasteiger partial charge is 0.0673 e. The van der Waals surface area contributed by atoms with Crippen LogP contribution in [0.15, 0.2) is 0 Å². The highest BCUT2D eigenvalue weighted by atomic mass is 16.5. The van der Waals surface area contributed by atoms with Crippen molar-refractivity contribution >= 4 is 0 Å². The summed E-state index contributed by atoms with van der Waals surface area (Å²) in [4.78, 5) is 2.52. The van der Waals surface area contributed by atoms with E-state index in [1.54, 1.807) is 0 Å². The van der Waals surface area contributed by atoms with Gasteiger partial charge in [-0.1, -0.05) is 6.92 Å². The molecule has 1 aliphatic heterocycles. The highest BCUT2D eigenvalue weighted by Gasteiger charge is 2.17. The van der Waals surface area contributed by atoms with Crippen molar-refractivity contribution < 1.29 is 4.74 Å². The van der Waals surface area contributed by atoms with Crippen molar-refractivity contribution in [1.82, 2.24) is 10.2 Å². The molecule has 1 fully saturated rings. The Labute approximate surface area is 87.8 Å². The van der Waals surface area contributed by atoms with Crippen LogP contribution in [0.25, 0.3) is 0 Å². The topological polar surface area (TPSA) is 24.5 Å². The summed E-state index contributed by atoms with van der Waals surface area (Å²) < 4.78 is 5.62. The monoisotopic (exact) mass is 200 g/mol. The number of rotatable bonds is 4. The lowest BCUT2D eigenvalue weighted by Crippen LogP contribution is -2.41. The molecule has 0 aromatic rings. The standard InChI is InChI=1S/C11H24N2O/c1-4-11(12-3)9-13-6-5-7-14-10(2)8-13/h10-12H,4-9H2,1-3H3. The van der Waals surface area contributed by atoms with E-state index in [9.17, 15) is 0 Å². The summed E-state index contributed by atoms with van der Waals surface area (Å²) in [5.41, 5.74) is 0. The van der Waals surface area contributed by atoms with E-state index >= 15 is 0 Å². The first-order valence-corrected chi connectivity index (χ1v) is 5.77. The van der Waals surface area contributed by atoms with E-state index < -0.39 is 0 Å². The van der Waals surface area contributed by atoms with Gasteiger partial charge in [-0.25, -0.2) is 0 Å². The molecule has 1 heterocycles. The molecule has 1 N–H and O–H groups in total. The SMILES string of the molecule is CCC(CN1CCCOC(C)C1)NC. The first-order valence-electron chi connectivity index (χ1n) is 5.77. The molecule has 0 aromatic heterocycles. The maximum absolute atomic E-state index is 5.62. The first-order chi connectivity index (χ1) is 6.76. The van der Waals surface area contributed by atoms with Crippen LogP contribution in [0, 0.1) is 0 Å².